The highest BCUT2D eigenvalue weighted by Gasteiger charge is 2.32. The van der Waals surface area contributed by atoms with Crippen LogP contribution in [-0.4, -0.2) is 48.8 Å². The van der Waals surface area contributed by atoms with E-state index in [1.807, 2.05) is 60.7 Å². The minimum atomic E-state index is -4.34. The highest BCUT2D eigenvalue weighted by Crippen LogP contribution is 2.23. The molecule has 0 saturated heterocycles. The summed E-state index contributed by atoms with van der Waals surface area (Å²) in [6.45, 7) is 1.33. The molecule has 0 radical (unpaired) electrons. The molecule has 3 N–H and O–H groups in total. The summed E-state index contributed by atoms with van der Waals surface area (Å²) in [5, 5.41) is 16.4. The van der Waals surface area contributed by atoms with Gasteiger partial charge in [0.05, 0.1) is 18.0 Å². The number of carbonyl (C=O) groups is 2. The molecule has 44 heavy (non-hydrogen) atoms. The number of benzene rings is 4. The first kappa shape index (κ1) is 32.2. The van der Waals surface area contributed by atoms with Gasteiger partial charge in [0.2, 0.25) is 0 Å². The van der Waals surface area contributed by atoms with Crippen LogP contribution in [0.4, 0.5) is 10.5 Å². The molecular weight excluding hydrogens is 580 g/mol. The summed E-state index contributed by atoms with van der Waals surface area (Å²) in [7, 11) is -2.79. The predicted octanol–water partition coefficient (Wildman–Crippen LogP) is 5.58. The van der Waals surface area contributed by atoms with Crippen molar-refractivity contribution in [2.75, 3.05) is 19.0 Å². The fourth-order valence-electron chi connectivity index (χ4n) is 4.54. The zero-order chi connectivity index (χ0) is 31.5. The average Bonchev–Trinajstić information content (AvgIpc) is 3.05. The van der Waals surface area contributed by atoms with Crippen LogP contribution in [0.5, 0.6) is 5.75 Å². The van der Waals surface area contributed by atoms with Crippen LogP contribution in [0.3, 0.4) is 0 Å². The molecule has 0 aliphatic rings. The summed E-state index contributed by atoms with van der Waals surface area (Å²) < 4.78 is 33.0. The number of hydrogen-bond donors (Lipinski definition) is 3. The predicted molar refractivity (Wildman–Crippen MR) is 167 cm³/mol. The van der Waals surface area contributed by atoms with Crippen LogP contribution in [-0.2, 0) is 27.7 Å². The van der Waals surface area contributed by atoms with Gasteiger partial charge in [0.15, 0.2) is 0 Å². The molecule has 4 aromatic carbocycles. The number of anilines is 1. The first-order valence-corrected chi connectivity index (χ1v) is 15.6. The number of hydrazine groups is 1. The molecule has 3 amide bonds. The van der Waals surface area contributed by atoms with Crippen LogP contribution in [0.25, 0.3) is 0 Å². The highest BCUT2D eigenvalue weighted by molar-refractivity contribution is 7.89. The number of carbonyl (C=O) groups excluding carboxylic acids is 2. The second-order valence-corrected chi connectivity index (χ2v) is 11.8. The number of sulfonamides is 1. The molecule has 1 atom stereocenters. The standard InChI is InChI=1S/C33H36N4O6S/c1-3-32(38)37(40)36(23-22-25-14-18-29(43-2)19-15-25)44(41,42)30-20-16-28(17-21-30)34-33(39)35-31(27-12-8-5-9-13-27)24-26-10-6-4-7-11-26/h4-21,31,40H,3,22-24H2,1-2H3,(H2,34,35,39). The number of nitrogens with zero attached hydrogens (tertiary/aromatic N) is 2. The summed E-state index contributed by atoms with van der Waals surface area (Å²) in [6.07, 6.45) is 0.704. The zero-order valence-electron chi connectivity index (χ0n) is 24.6. The third-order valence-corrected chi connectivity index (χ3v) is 8.73. The maximum Gasteiger partial charge on any atom is 0.319 e. The zero-order valence-corrected chi connectivity index (χ0v) is 25.4. The van der Waals surface area contributed by atoms with Gasteiger partial charge in [0.25, 0.3) is 15.9 Å². The third kappa shape index (κ3) is 8.44. The van der Waals surface area contributed by atoms with Gasteiger partial charge in [0.1, 0.15) is 5.75 Å². The second-order valence-electron chi connectivity index (χ2n) is 9.96. The van der Waals surface area contributed by atoms with Crippen LogP contribution >= 0.6 is 0 Å². The van der Waals surface area contributed by atoms with Gasteiger partial charge in [-0.3, -0.25) is 10.0 Å². The first-order valence-electron chi connectivity index (χ1n) is 14.1. The fourth-order valence-corrected chi connectivity index (χ4v) is 5.89. The lowest BCUT2D eigenvalue weighted by atomic mass is 9.99. The van der Waals surface area contributed by atoms with E-state index in [1.54, 1.807) is 31.4 Å². The van der Waals surface area contributed by atoms with Crippen LogP contribution in [0.1, 0.15) is 36.1 Å². The highest BCUT2D eigenvalue weighted by atomic mass is 32.2. The van der Waals surface area contributed by atoms with Crippen LogP contribution < -0.4 is 15.4 Å². The SMILES string of the molecule is CCC(=O)N(O)N(CCc1ccc(OC)cc1)S(=O)(=O)c1ccc(NC(=O)NC(Cc2ccccc2)c2ccccc2)cc1. The smallest absolute Gasteiger partial charge is 0.319 e. The lowest BCUT2D eigenvalue weighted by molar-refractivity contribution is -0.210. The van der Waals surface area contributed by atoms with Crippen molar-refractivity contribution in [2.45, 2.75) is 37.1 Å². The van der Waals surface area contributed by atoms with Crippen molar-refractivity contribution in [1.29, 1.82) is 0 Å². The van der Waals surface area contributed by atoms with E-state index in [9.17, 15) is 23.2 Å². The summed E-state index contributed by atoms with van der Waals surface area (Å²) in [5.41, 5.74) is 3.16. The molecule has 0 bridgehead atoms. The molecule has 10 nitrogen and oxygen atoms in total. The van der Waals surface area contributed by atoms with E-state index >= 15 is 0 Å². The number of hydrogen-bond acceptors (Lipinski definition) is 6. The van der Waals surface area contributed by atoms with Gasteiger partial charge in [-0.1, -0.05) is 84.1 Å². The van der Waals surface area contributed by atoms with E-state index in [0.717, 1.165) is 16.7 Å². The maximum atomic E-state index is 13.6. The van der Waals surface area contributed by atoms with Crippen molar-refractivity contribution in [2.24, 2.45) is 0 Å². The molecule has 4 rings (SSSR count). The van der Waals surface area contributed by atoms with E-state index in [2.05, 4.69) is 10.6 Å². The Balaban J connectivity index is 1.47. The van der Waals surface area contributed by atoms with Gasteiger partial charge < -0.3 is 15.4 Å². The first-order chi connectivity index (χ1) is 21.2. The average molecular weight is 617 g/mol. The number of hydroxylamine groups is 1. The van der Waals surface area contributed by atoms with Gasteiger partial charge >= 0.3 is 6.03 Å². The lowest BCUT2D eigenvalue weighted by Gasteiger charge is -2.28. The van der Waals surface area contributed by atoms with E-state index in [1.165, 1.54) is 31.2 Å². The van der Waals surface area contributed by atoms with Gasteiger partial charge in [-0.25, -0.2) is 13.2 Å². The molecule has 11 heteroatoms. The number of rotatable bonds is 13. The Morgan fingerprint density at radius 2 is 1.45 bits per heavy atom. The van der Waals surface area contributed by atoms with E-state index in [4.69, 9.17) is 4.74 Å². The number of urea groups is 1. The van der Waals surface area contributed by atoms with Crippen LogP contribution in [0, 0.1) is 0 Å². The minimum absolute atomic E-state index is 0.0999. The molecule has 0 aliphatic heterocycles. The Hall–Kier alpha value is -4.71. The molecule has 0 aromatic heterocycles. The maximum absolute atomic E-state index is 13.6. The Morgan fingerprint density at radius 3 is 2.05 bits per heavy atom. The van der Waals surface area contributed by atoms with Crippen molar-refractivity contribution < 1.29 is 28.0 Å². The van der Waals surface area contributed by atoms with Gasteiger partial charge in [-0.15, -0.1) is 5.17 Å². The molecule has 0 spiro atoms. The molecular formula is C33H36N4O6S. The number of nitrogens with one attached hydrogen (secondary N) is 2. The Labute approximate surface area is 257 Å². The fraction of sp³-hybridized carbons (Fsp3) is 0.212. The van der Waals surface area contributed by atoms with Crippen molar-refractivity contribution in [3.63, 3.8) is 0 Å². The minimum Gasteiger partial charge on any atom is -0.497 e. The van der Waals surface area contributed by atoms with Gasteiger partial charge in [-0.05, 0) is 65.9 Å². The summed E-state index contributed by atoms with van der Waals surface area (Å²) >= 11 is 0. The molecule has 4 aromatic rings. The van der Waals surface area contributed by atoms with Gasteiger partial charge in [0, 0.05) is 18.7 Å². The van der Waals surface area contributed by atoms with Crippen LogP contribution in [0.2, 0.25) is 0 Å². The second kappa shape index (κ2) is 15.1. The number of methoxy groups -OCH3 is 1. The Morgan fingerprint density at radius 1 is 0.841 bits per heavy atom. The Kier molecular flexibility index (Phi) is 11.1. The molecule has 0 aliphatic carbocycles. The Bertz CT molecular complexity index is 1620. The van der Waals surface area contributed by atoms with E-state index in [-0.39, 0.29) is 35.5 Å². The van der Waals surface area contributed by atoms with Crippen molar-refractivity contribution in [3.05, 3.63) is 126 Å². The van der Waals surface area contributed by atoms with Crippen molar-refractivity contribution in [1.82, 2.24) is 14.9 Å². The quantitative estimate of drug-likeness (QED) is 0.133. The van der Waals surface area contributed by atoms with E-state index < -0.39 is 22.0 Å². The third-order valence-electron chi connectivity index (χ3n) is 6.97. The van der Waals surface area contributed by atoms with E-state index in [0.29, 0.717) is 22.3 Å². The molecule has 0 fully saturated rings. The normalized spacial score (nSPS) is 11.9. The molecule has 0 heterocycles. The number of ether oxygens (including phenoxy) is 1. The molecule has 230 valence electrons. The number of amides is 3. The van der Waals surface area contributed by atoms with Crippen molar-refractivity contribution >= 4 is 27.6 Å². The largest absolute Gasteiger partial charge is 0.497 e. The molecule has 1 unspecified atom stereocenters. The monoisotopic (exact) mass is 616 g/mol. The molecule has 0 saturated carbocycles. The summed E-state index contributed by atoms with van der Waals surface area (Å²) in [6, 6.07) is 31.3. The van der Waals surface area contributed by atoms with Crippen molar-refractivity contribution in [3.8, 4) is 5.75 Å². The topological polar surface area (TPSA) is 128 Å². The summed E-state index contributed by atoms with van der Waals surface area (Å²) in [5.74, 6) is -0.126. The van der Waals surface area contributed by atoms with Gasteiger partial charge in [-0.2, -0.15) is 0 Å². The summed E-state index contributed by atoms with van der Waals surface area (Å²) in [4.78, 5) is 25.1. The lowest BCUT2D eigenvalue weighted by Crippen LogP contribution is -2.48. The van der Waals surface area contributed by atoms with Crippen LogP contribution in [0.15, 0.2) is 114 Å².